The molecule has 0 atom stereocenters. The molecule has 9 aromatic rings. The number of hydrogen-bond acceptors (Lipinski definition) is 3. The van der Waals surface area contributed by atoms with Crippen LogP contribution in [-0.4, -0.2) is 28.9 Å². The van der Waals surface area contributed by atoms with Crippen LogP contribution in [0.4, 0.5) is 0 Å². The van der Waals surface area contributed by atoms with Crippen LogP contribution in [0.5, 0.6) is 0 Å². The minimum absolute atomic E-state index is 0. The summed E-state index contributed by atoms with van der Waals surface area (Å²) in [5.74, 6) is 2.34. The Bertz CT molecular complexity index is 2660. The second-order valence-corrected chi connectivity index (χ2v) is 12.3. The van der Waals surface area contributed by atoms with Gasteiger partial charge in [0.25, 0.3) is 0 Å². The number of nitrogens with zero attached hydrogens (tertiary/aromatic N) is 6. The Morgan fingerprint density at radius 2 is 1.25 bits per heavy atom. The quantitative estimate of drug-likeness (QED) is 0.167. The van der Waals surface area contributed by atoms with Crippen molar-refractivity contribution in [2.45, 2.75) is 27.7 Å². The van der Waals surface area contributed by atoms with E-state index in [1.807, 2.05) is 36.0 Å². The molecule has 0 fully saturated rings. The fraction of sp³-hybridized carbons (Fsp3) is 0.0976. The maximum Gasteiger partial charge on any atom is 2.00 e. The van der Waals surface area contributed by atoms with Gasteiger partial charge in [-0.25, -0.2) is 4.98 Å². The van der Waals surface area contributed by atoms with E-state index in [2.05, 4.69) is 127 Å². The zero-order valence-corrected chi connectivity index (χ0v) is 29.2. The molecule has 4 heterocycles. The summed E-state index contributed by atoms with van der Waals surface area (Å²) in [6, 6.07) is 43.7. The average molecular weight is 802 g/mol. The molecule has 0 saturated carbocycles. The molecule has 9 rings (SSSR count). The predicted octanol–water partition coefficient (Wildman–Crippen LogP) is 9.36. The largest absolute Gasteiger partial charge is 2.00 e. The van der Waals surface area contributed by atoms with Crippen molar-refractivity contribution in [3.63, 3.8) is 0 Å². The van der Waals surface area contributed by atoms with E-state index in [-0.39, 0.29) is 21.1 Å². The number of fused-ring (bicyclic) bond motifs is 6. The van der Waals surface area contributed by atoms with Crippen LogP contribution in [-0.2, 0) is 21.1 Å². The van der Waals surface area contributed by atoms with Crippen molar-refractivity contribution in [2.75, 3.05) is 0 Å². The van der Waals surface area contributed by atoms with Crippen molar-refractivity contribution in [1.29, 1.82) is 0 Å². The standard InChI is InChI=1S/C41H30N6.Pt/c1-25-20-26(2)40(27(3)21-25)47-41(43-28(4)44-47)29-12-11-13-30(22-29)45-35-16-7-5-14-31(35)33-23-34-32-15-6-8-17-36(32)46(38(34)24-37(33)45)39-18-9-10-19-42-39;/h5-21,23H,1-4H3;/q-2;+2. The Hall–Kier alpha value is -5.32. The summed E-state index contributed by atoms with van der Waals surface area (Å²) in [5.41, 5.74) is 10.6. The van der Waals surface area contributed by atoms with Gasteiger partial charge in [-0.1, -0.05) is 71.2 Å². The van der Waals surface area contributed by atoms with Crippen molar-refractivity contribution in [1.82, 2.24) is 28.9 Å². The predicted molar refractivity (Wildman–Crippen MR) is 190 cm³/mol. The minimum Gasteiger partial charge on any atom is -0.352 e. The third kappa shape index (κ3) is 4.55. The Morgan fingerprint density at radius 3 is 1.94 bits per heavy atom. The Kier molecular flexibility index (Phi) is 7.15. The van der Waals surface area contributed by atoms with Crippen molar-refractivity contribution < 1.29 is 21.1 Å². The minimum atomic E-state index is 0. The van der Waals surface area contributed by atoms with E-state index < -0.39 is 0 Å². The molecule has 0 aliphatic heterocycles. The third-order valence-corrected chi connectivity index (χ3v) is 9.05. The van der Waals surface area contributed by atoms with Crippen LogP contribution in [0.3, 0.4) is 0 Å². The van der Waals surface area contributed by atoms with E-state index in [1.54, 1.807) is 0 Å². The smallest absolute Gasteiger partial charge is 0.352 e. The summed E-state index contributed by atoms with van der Waals surface area (Å²) in [6.45, 7) is 8.34. The molecule has 6 nitrogen and oxygen atoms in total. The summed E-state index contributed by atoms with van der Waals surface area (Å²) in [7, 11) is 0. The monoisotopic (exact) mass is 801 g/mol. The van der Waals surface area contributed by atoms with Gasteiger partial charge in [0.05, 0.1) is 11.5 Å². The van der Waals surface area contributed by atoms with Crippen LogP contribution < -0.4 is 0 Å². The van der Waals surface area contributed by atoms with Gasteiger partial charge in [-0.2, -0.15) is 11.2 Å². The van der Waals surface area contributed by atoms with E-state index in [0.29, 0.717) is 5.82 Å². The zero-order valence-electron chi connectivity index (χ0n) is 26.9. The second kappa shape index (κ2) is 11.4. The third-order valence-electron chi connectivity index (χ3n) is 9.05. The van der Waals surface area contributed by atoms with Gasteiger partial charge in [0.1, 0.15) is 11.6 Å². The first-order valence-corrected chi connectivity index (χ1v) is 15.8. The van der Waals surface area contributed by atoms with Gasteiger partial charge in [0, 0.05) is 17.2 Å². The molecule has 0 amide bonds. The molecule has 234 valence electrons. The zero-order chi connectivity index (χ0) is 31.8. The fourth-order valence-corrected chi connectivity index (χ4v) is 7.27. The molecular weight excluding hydrogens is 772 g/mol. The first-order valence-electron chi connectivity index (χ1n) is 15.8. The molecule has 0 spiro atoms. The van der Waals surface area contributed by atoms with E-state index in [0.717, 1.165) is 72.5 Å². The first kappa shape index (κ1) is 30.0. The van der Waals surface area contributed by atoms with Gasteiger partial charge >= 0.3 is 21.1 Å². The van der Waals surface area contributed by atoms with E-state index in [1.165, 1.54) is 16.3 Å². The molecule has 0 aliphatic rings. The molecule has 0 saturated heterocycles. The number of hydrogen-bond donors (Lipinski definition) is 0. The molecule has 0 radical (unpaired) electrons. The van der Waals surface area contributed by atoms with Crippen LogP contribution >= 0.6 is 0 Å². The molecule has 7 heteroatoms. The van der Waals surface area contributed by atoms with E-state index in [4.69, 9.17) is 15.1 Å². The Labute approximate surface area is 292 Å². The van der Waals surface area contributed by atoms with Crippen molar-refractivity contribution in [3.8, 4) is 28.6 Å². The molecule has 48 heavy (non-hydrogen) atoms. The maximum atomic E-state index is 4.91. The number of para-hydroxylation sites is 2. The van der Waals surface area contributed by atoms with Gasteiger partial charge in [-0.05, 0) is 79.5 Å². The second-order valence-electron chi connectivity index (χ2n) is 12.3. The molecular formula is C41H30N6Pt. The number of aryl methyl sites for hydroxylation is 4. The summed E-state index contributed by atoms with van der Waals surface area (Å²) < 4.78 is 6.45. The molecule has 0 aliphatic carbocycles. The molecule has 0 bridgehead atoms. The van der Waals surface area contributed by atoms with E-state index in [9.17, 15) is 0 Å². The number of benzene rings is 5. The van der Waals surface area contributed by atoms with Gasteiger partial charge in [-0.3, -0.25) is 9.67 Å². The molecule has 0 unspecified atom stereocenters. The van der Waals surface area contributed by atoms with Crippen molar-refractivity contribution in [2.24, 2.45) is 0 Å². The topological polar surface area (TPSA) is 53.5 Å². The number of pyridine rings is 1. The fourth-order valence-electron chi connectivity index (χ4n) is 7.27. The normalized spacial score (nSPS) is 11.6. The maximum absolute atomic E-state index is 4.91. The summed E-state index contributed by atoms with van der Waals surface area (Å²) in [4.78, 5) is 9.65. The van der Waals surface area contributed by atoms with Crippen molar-refractivity contribution in [3.05, 3.63) is 144 Å². The van der Waals surface area contributed by atoms with Crippen LogP contribution in [0.15, 0.2) is 109 Å². The van der Waals surface area contributed by atoms with Crippen LogP contribution in [0.25, 0.3) is 72.2 Å². The SMILES string of the molecule is Cc1cc(C)c(-n2nc(C)nc2-c2[c-]c(-n3c4[c-]c5c(cc4c4ccccc43)c3ccccc3n5-c3ccccn3)ccc2)c(C)c1.[Pt+2]. The Balaban J connectivity index is 0.00000336. The van der Waals surface area contributed by atoms with E-state index >= 15 is 0 Å². The van der Waals surface area contributed by atoms with Crippen LogP contribution in [0, 0.1) is 39.8 Å². The average Bonchev–Trinajstić information content (AvgIpc) is 3.73. The molecule has 0 N–H and O–H groups in total. The van der Waals surface area contributed by atoms with Gasteiger partial charge in [-0.15, -0.1) is 46.7 Å². The van der Waals surface area contributed by atoms with Gasteiger partial charge in [0.15, 0.2) is 0 Å². The molecule has 4 aromatic heterocycles. The van der Waals surface area contributed by atoms with Crippen LogP contribution in [0.1, 0.15) is 22.5 Å². The first-order chi connectivity index (χ1) is 23.0. The summed E-state index contributed by atoms with van der Waals surface area (Å²) >= 11 is 0. The summed E-state index contributed by atoms with van der Waals surface area (Å²) in [6.07, 6.45) is 1.84. The Morgan fingerprint density at radius 1 is 0.604 bits per heavy atom. The van der Waals surface area contributed by atoms with Gasteiger partial charge in [0.2, 0.25) is 0 Å². The number of rotatable bonds is 4. The van der Waals surface area contributed by atoms with Gasteiger partial charge < -0.3 is 9.13 Å². The van der Waals surface area contributed by atoms with Crippen molar-refractivity contribution >= 4 is 43.6 Å². The number of aromatic nitrogens is 6. The molecule has 5 aromatic carbocycles. The van der Waals surface area contributed by atoms with Crippen LogP contribution in [0.2, 0.25) is 0 Å². The summed E-state index contributed by atoms with van der Waals surface area (Å²) in [5, 5.41) is 9.48.